The standard InChI is InChI=1S/C16H17N3O4S/c20-15(11-5-6-12(24-11)16(21)22)19-7-1-2-10(8-19)13-17-14(23-18-13)9-3-4-9/h5-6,9-10H,1-4,7-8H2,(H,21,22). The van der Waals surface area contributed by atoms with Gasteiger partial charge in [0.1, 0.15) is 4.88 Å². The molecule has 8 heteroatoms. The number of amides is 1. The van der Waals surface area contributed by atoms with E-state index in [1.165, 1.54) is 6.07 Å². The topological polar surface area (TPSA) is 96.5 Å². The van der Waals surface area contributed by atoms with Crippen LogP contribution in [-0.4, -0.2) is 45.1 Å². The van der Waals surface area contributed by atoms with E-state index in [1.807, 2.05) is 0 Å². The number of carbonyl (C=O) groups excluding carboxylic acids is 1. The average molecular weight is 347 g/mol. The van der Waals surface area contributed by atoms with Gasteiger partial charge in [0.05, 0.1) is 4.88 Å². The van der Waals surface area contributed by atoms with Gasteiger partial charge in [-0.15, -0.1) is 11.3 Å². The lowest BCUT2D eigenvalue weighted by Gasteiger charge is -2.30. The maximum absolute atomic E-state index is 12.6. The smallest absolute Gasteiger partial charge is 0.345 e. The Morgan fingerprint density at radius 2 is 2.00 bits per heavy atom. The minimum atomic E-state index is -1.00. The van der Waals surface area contributed by atoms with Crippen molar-refractivity contribution in [2.45, 2.75) is 37.5 Å². The molecule has 1 saturated heterocycles. The second-order valence-electron chi connectivity index (χ2n) is 6.32. The van der Waals surface area contributed by atoms with Crippen molar-refractivity contribution in [3.05, 3.63) is 33.6 Å². The summed E-state index contributed by atoms with van der Waals surface area (Å²) in [6.45, 7) is 1.21. The number of aromatic carboxylic acids is 1. The van der Waals surface area contributed by atoms with Crippen LogP contribution in [0.15, 0.2) is 16.7 Å². The lowest BCUT2D eigenvalue weighted by atomic mass is 9.97. The minimum Gasteiger partial charge on any atom is -0.477 e. The van der Waals surface area contributed by atoms with E-state index in [4.69, 9.17) is 9.63 Å². The maximum atomic E-state index is 12.6. The van der Waals surface area contributed by atoms with Crippen LogP contribution >= 0.6 is 11.3 Å². The van der Waals surface area contributed by atoms with E-state index in [1.54, 1.807) is 11.0 Å². The number of carbonyl (C=O) groups is 2. The number of thiophene rings is 1. The SMILES string of the molecule is O=C(O)c1ccc(C(=O)N2CCCC(c3noc(C4CC4)n3)C2)s1. The fourth-order valence-electron chi connectivity index (χ4n) is 3.01. The van der Waals surface area contributed by atoms with E-state index in [-0.39, 0.29) is 16.7 Å². The van der Waals surface area contributed by atoms with Gasteiger partial charge < -0.3 is 14.5 Å². The molecule has 1 amide bonds. The zero-order valence-electron chi connectivity index (χ0n) is 13.0. The van der Waals surface area contributed by atoms with Crippen molar-refractivity contribution in [2.75, 3.05) is 13.1 Å². The Morgan fingerprint density at radius 3 is 2.71 bits per heavy atom. The number of likely N-dealkylation sites (tertiary alicyclic amines) is 1. The molecule has 1 unspecified atom stereocenters. The number of carboxylic acids is 1. The summed E-state index contributed by atoms with van der Waals surface area (Å²) in [6.07, 6.45) is 4.03. The summed E-state index contributed by atoms with van der Waals surface area (Å²) in [5.74, 6) is 0.786. The van der Waals surface area contributed by atoms with Gasteiger partial charge in [0, 0.05) is 24.9 Å². The van der Waals surface area contributed by atoms with E-state index < -0.39 is 5.97 Å². The summed E-state index contributed by atoms with van der Waals surface area (Å²) in [7, 11) is 0. The first-order chi connectivity index (χ1) is 11.6. The summed E-state index contributed by atoms with van der Waals surface area (Å²) < 4.78 is 5.32. The zero-order chi connectivity index (χ0) is 16.7. The van der Waals surface area contributed by atoms with E-state index >= 15 is 0 Å². The Labute approximate surface area is 142 Å². The number of rotatable bonds is 4. The van der Waals surface area contributed by atoms with Crippen molar-refractivity contribution in [3.8, 4) is 0 Å². The Kier molecular flexibility index (Phi) is 3.84. The summed E-state index contributed by atoms with van der Waals surface area (Å²) in [5, 5.41) is 13.1. The van der Waals surface area contributed by atoms with Crippen molar-refractivity contribution in [1.29, 1.82) is 0 Å². The fraction of sp³-hybridized carbons (Fsp3) is 0.500. The summed E-state index contributed by atoms with van der Waals surface area (Å²) in [6, 6.07) is 3.06. The predicted molar refractivity (Wildman–Crippen MR) is 85.4 cm³/mol. The molecular formula is C16H17N3O4S. The van der Waals surface area contributed by atoms with Crippen LogP contribution in [0.2, 0.25) is 0 Å². The van der Waals surface area contributed by atoms with Gasteiger partial charge in [0.15, 0.2) is 5.82 Å². The third kappa shape index (κ3) is 2.93. The van der Waals surface area contributed by atoms with Crippen LogP contribution < -0.4 is 0 Å². The van der Waals surface area contributed by atoms with Crippen LogP contribution in [0.1, 0.15) is 68.6 Å². The van der Waals surface area contributed by atoms with Crippen molar-refractivity contribution in [1.82, 2.24) is 15.0 Å². The molecule has 0 bridgehead atoms. The van der Waals surface area contributed by atoms with Crippen molar-refractivity contribution in [2.24, 2.45) is 0 Å². The van der Waals surface area contributed by atoms with E-state index in [2.05, 4.69) is 10.1 Å². The normalized spacial score (nSPS) is 21.0. The first kappa shape index (κ1) is 15.3. The highest BCUT2D eigenvalue weighted by Gasteiger charge is 2.33. The van der Waals surface area contributed by atoms with Crippen LogP contribution in [0.5, 0.6) is 0 Å². The van der Waals surface area contributed by atoms with Crippen LogP contribution in [0.4, 0.5) is 0 Å². The molecule has 0 aromatic carbocycles. The molecule has 1 aliphatic heterocycles. The number of hydrogen-bond donors (Lipinski definition) is 1. The number of carboxylic acid groups (broad SMARTS) is 1. The Balaban J connectivity index is 1.46. The van der Waals surface area contributed by atoms with Crippen LogP contribution in [0.25, 0.3) is 0 Å². The molecule has 24 heavy (non-hydrogen) atoms. The van der Waals surface area contributed by atoms with Crippen molar-refractivity contribution >= 4 is 23.2 Å². The van der Waals surface area contributed by atoms with Gasteiger partial charge in [-0.25, -0.2) is 4.79 Å². The van der Waals surface area contributed by atoms with Crippen LogP contribution in [0.3, 0.4) is 0 Å². The fourth-order valence-corrected chi connectivity index (χ4v) is 3.82. The molecule has 126 valence electrons. The van der Waals surface area contributed by atoms with Gasteiger partial charge >= 0.3 is 5.97 Å². The molecule has 0 radical (unpaired) electrons. The van der Waals surface area contributed by atoms with E-state index in [0.717, 1.165) is 42.9 Å². The molecule has 2 aromatic heterocycles. The van der Waals surface area contributed by atoms with Crippen molar-refractivity contribution < 1.29 is 19.2 Å². The highest BCUT2D eigenvalue weighted by molar-refractivity contribution is 7.15. The van der Waals surface area contributed by atoms with Crippen molar-refractivity contribution in [3.63, 3.8) is 0 Å². The molecule has 2 fully saturated rings. The first-order valence-corrected chi connectivity index (χ1v) is 8.89. The second kappa shape index (κ2) is 6.01. The molecule has 1 aliphatic carbocycles. The first-order valence-electron chi connectivity index (χ1n) is 8.07. The van der Waals surface area contributed by atoms with Gasteiger partial charge in [-0.2, -0.15) is 4.98 Å². The number of hydrogen-bond acceptors (Lipinski definition) is 6. The number of aromatic nitrogens is 2. The highest BCUT2D eigenvalue weighted by Crippen LogP contribution is 2.39. The van der Waals surface area contributed by atoms with Crippen LogP contribution in [-0.2, 0) is 0 Å². The third-order valence-electron chi connectivity index (χ3n) is 4.49. The molecule has 0 spiro atoms. The Hall–Kier alpha value is -2.22. The molecule has 7 nitrogen and oxygen atoms in total. The van der Waals surface area contributed by atoms with Gasteiger partial charge in [-0.05, 0) is 37.8 Å². The second-order valence-corrected chi connectivity index (χ2v) is 7.41. The molecule has 1 saturated carbocycles. The predicted octanol–water partition coefficient (Wildman–Crippen LogP) is 2.73. The zero-order valence-corrected chi connectivity index (χ0v) is 13.8. The van der Waals surface area contributed by atoms with Gasteiger partial charge in [-0.3, -0.25) is 4.79 Å². The quantitative estimate of drug-likeness (QED) is 0.913. The maximum Gasteiger partial charge on any atom is 0.345 e. The minimum absolute atomic E-state index is 0.0813. The lowest BCUT2D eigenvalue weighted by molar-refractivity contribution is 0.0697. The van der Waals surface area contributed by atoms with Crippen LogP contribution in [0, 0.1) is 0 Å². The highest BCUT2D eigenvalue weighted by atomic mass is 32.1. The molecule has 2 aliphatic rings. The molecule has 4 rings (SSSR count). The van der Waals surface area contributed by atoms with Gasteiger partial charge in [0.2, 0.25) is 5.89 Å². The van der Waals surface area contributed by atoms with Gasteiger partial charge in [0.25, 0.3) is 5.91 Å². The third-order valence-corrected chi connectivity index (χ3v) is 5.55. The average Bonchev–Trinajstić information content (AvgIpc) is 3.13. The van der Waals surface area contributed by atoms with E-state index in [9.17, 15) is 9.59 Å². The molecule has 1 atom stereocenters. The summed E-state index contributed by atoms with van der Waals surface area (Å²) in [5.41, 5.74) is 0. The van der Waals surface area contributed by atoms with E-state index in [0.29, 0.717) is 29.7 Å². The number of piperidine rings is 1. The Bertz CT molecular complexity index is 780. The molecule has 3 heterocycles. The summed E-state index contributed by atoms with van der Waals surface area (Å²) in [4.78, 5) is 30.5. The Morgan fingerprint density at radius 1 is 1.21 bits per heavy atom. The summed E-state index contributed by atoms with van der Waals surface area (Å²) >= 11 is 1.02. The van der Waals surface area contributed by atoms with Gasteiger partial charge in [-0.1, -0.05) is 5.16 Å². The monoisotopic (exact) mass is 347 g/mol. The number of nitrogens with zero attached hydrogens (tertiary/aromatic N) is 3. The molecule has 2 aromatic rings. The lowest BCUT2D eigenvalue weighted by Crippen LogP contribution is -2.39. The largest absolute Gasteiger partial charge is 0.477 e. The molecule has 1 N–H and O–H groups in total. The molecular weight excluding hydrogens is 330 g/mol.